The van der Waals surface area contributed by atoms with E-state index in [1.54, 1.807) is 0 Å². The minimum atomic E-state index is 0.109. The maximum Gasteiger partial charge on any atom is 0.223 e. The lowest BCUT2D eigenvalue weighted by molar-refractivity contribution is -0.126. The summed E-state index contributed by atoms with van der Waals surface area (Å²) in [5, 5.41) is 3.05. The van der Waals surface area contributed by atoms with Crippen LogP contribution in [0, 0.1) is 23.7 Å². The molecule has 0 aromatic rings. The van der Waals surface area contributed by atoms with Crippen molar-refractivity contribution in [3.05, 3.63) is 0 Å². The number of amides is 1. The van der Waals surface area contributed by atoms with E-state index in [1.807, 2.05) is 0 Å². The van der Waals surface area contributed by atoms with E-state index in [2.05, 4.69) is 19.2 Å². The Bertz CT molecular complexity index is 277. The summed E-state index contributed by atoms with van der Waals surface area (Å²) < 4.78 is 0. The van der Waals surface area contributed by atoms with Crippen LogP contribution in [0.1, 0.15) is 46.0 Å². The van der Waals surface area contributed by atoms with Crippen LogP contribution in [0.15, 0.2) is 0 Å². The number of nitrogens with one attached hydrogen (secondary N) is 1. The van der Waals surface area contributed by atoms with Gasteiger partial charge in [0.05, 0.1) is 0 Å². The molecule has 0 saturated heterocycles. The minimum Gasteiger partial charge on any atom is -0.354 e. The molecule has 3 N–H and O–H groups in total. The molecule has 98 valence electrons. The van der Waals surface area contributed by atoms with Gasteiger partial charge in [0.1, 0.15) is 0 Å². The molecule has 3 heteroatoms. The van der Waals surface area contributed by atoms with Gasteiger partial charge in [0.15, 0.2) is 0 Å². The van der Waals surface area contributed by atoms with Crippen molar-refractivity contribution in [2.24, 2.45) is 29.4 Å². The van der Waals surface area contributed by atoms with Gasteiger partial charge in [-0.3, -0.25) is 4.79 Å². The molecule has 0 radical (unpaired) electrons. The lowest BCUT2D eigenvalue weighted by Crippen LogP contribution is -2.41. The van der Waals surface area contributed by atoms with Crippen LogP contribution in [0.4, 0.5) is 0 Å². The van der Waals surface area contributed by atoms with E-state index in [-0.39, 0.29) is 11.9 Å². The van der Waals surface area contributed by atoms with Gasteiger partial charge in [0.25, 0.3) is 0 Å². The topological polar surface area (TPSA) is 55.1 Å². The Hall–Kier alpha value is -0.570. The average molecular weight is 238 g/mol. The summed E-state index contributed by atoms with van der Waals surface area (Å²) in [6, 6.07) is 0.109. The standard InChI is InChI=1S/C14H26N2O/c1-9(2)5-12(15)8-16-14(17)13-7-10-3-4-11(13)6-10/h9-13H,3-8,15H2,1-2H3,(H,16,17). The van der Waals surface area contributed by atoms with Crippen molar-refractivity contribution in [1.82, 2.24) is 5.32 Å². The Balaban J connectivity index is 1.71. The Morgan fingerprint density at radius 2 is 2.12 bits per heavy atom. The molecule has 2 aliphatic carbocycles. The van der Waals surface area contributed by atoms with Crippen LogP contribution in [-0.2, 0) is 4.79 Å². The van der Waals surface area contributed by atoms with E-state index in [0.717, 1.165) is 18.8 Å². The van der Waals surface area contributed by atoms with Crippen LogP contribution in [0.5, 0.6) is 0 Å². The summed E-state index contributed by atoms with van der Waals surface area (Å²) in [5.74, 6) is 2.65. The fraction of sp³-hybridized carbons (Fsp3) is 0.929. The second kappa shape index (κ2) is 5.38. The summed E-state index contributed by atoms with van der Waals surface area (Å²) in [7, 11) is 0. The number of nitrogens with two attached hydrogens (primary N) is 1. The summed E-state index contributed by atoms with van der Waals surface area (Å²) in [5.41, 5.74) is 5.98. The highest BCUT2D eigenvalue weighted by atomic mass is 16.1. The van der Waals surface area contributed by atoms with Gasteiger partial charge in [-0.1, -0.05) is 20.3 Å². The zero-order valence-electron chi connectivity index (χ0n) is 11.1. The van der Waals surface area contributed by atoms with E-state index >= 15 is 0 Å². The molecule has 4 unspecified atom stereocenters. The maximum absolute atomic E-state index is 12.1. The molecule has 0 heterocycles. The molecule has 0 spiro atoms. The zero-order chi connectivity index (χ0) is 12.4. The van der Waals surface area contributed by atoms with Gasteiger partial charge in [0, 0.05) is 18.5 Å². The van der Waals surface area contributed by atoms with Crippen molar-refractivity contribution in [3.63, 3.8) is 0 Å². The minimum absolute atomic E-state index is 0.109. The Labute approximate surface area is 105 Å². The van der Waals surface area contributed by atoms with Gasteiger partial charge in [-0.05, 0) is 43.4 Å². The largest absolute Gasteiger partial charge is 0.354 e. The number of carbonyl (C=O) groups excluding carboxylic acids is 1. The van der Waals surface area contributed by atoms with Gasteiger partial charge in [-0.25, -0.2) is 0 Å². The van der Waals surface area contributed by atoms with E-state index in [9.17, 15) is 4.79 Å². The van der Waals surface area contributed by atoms with Crippen molar-refractivity contribution in [1.29, 1.82) is 0 Å². The molecule has 0 aromatic carbocycles. The van der Waals surface area contributed by atoms with Gasteiger partial charge in [-0.2, -0.15) is 0 Å². The molecule has 3 nitrogen and oxygen atoms in total. The summed E-state index contributed by atoms with van der Waals surface area (Å²) in [4.78, 5) is 12.1. The smallest absolute Gasteiger partial charge is 0.223 e. The monoisotopic (exact) mass is 238 g/mol. The first kappa shape index (κ1) is 12.9. The average Bonchev–Trinajstić information content (AvgIpc) is 2.86. The van der Waals surface area contributed by atoms with Crippen molar-refractivity contribution in [3.8, 4) is 0 Å². The third kappa shape index (κ3) is 3.21. The Morgan fingerprint density at radius 1 is 1.35 bits per heavy atom. The van der Waals surface area contributed by atoms with Crippen LogP contribution in [-0.4, -0.2) is 18.5 Å². The highest BCUT2D eigenvalue weighted by molar-refractivity contribution is 5.79. The second-order valence-electron chi connectivity index (χ2n) is 6.42. The van der Waals surface area contributed by atoms with Crippen LogP contribution in [0.3, 0.4) is 0 Å². The molecule has 2 fully saturated rings. The lowest BCUT2D eigenvalue weighted by Gasteiger charge is -2.22. The third-order valence-electron chi connectivity index (χ3n) is 4.39. The fourth-order valence-corrected chi connectivity index (χ4v) is 3.62. The summed E-state index contributed by atoms with van der Waals surface area (Å²) in [6.45, 7) is 4.97. The maximum atomic E-state index is 12.1. The quantitative estimate of drug-likeness (QED) is 0.768. The molecule has 4 atom stereocenters. The van der Waals surface area contributed by atoms with Crippen LogP contribution >= 0.6 is 0 Å². The normalized spacial score (nSPS) is 33.1. The molecular weight excluding hydrogens is 212 g/mol. The molecule has 0 aromatic heterocycles. The number of rotatable bonds is 5. The van der Waals surface area contributed by atoms with E-state index in [1.165, 1.54) is 19.3 Å². The highest BCUT2D eigenvalue weighted by Crippen LogP contribution is 2.48. The number of carbonyl (C=O) groups is 1. The van der Waals surface area contributed by atoms with E-state index in [4.69, 9.17) is 5.73 Å². The van der Waals surface area contributed by atoms with Crippen molar-refractivity contribution in [2.45, 2.75) is 52.0 Å². The van der Waals surface area contributed by atoms with Crippen LogP contribution in [0.25, 0.3) is 0 Å². The van der Waals surface area contributed by atoms with Crippen molar-refractivity contribution in [2.75, 3.05) is 6.54 Å². The van der Waals surface area contributed by atoms with Crippen molar-refractivity contribution < 1.29 is 4.79 Å². The Morgan fingerprint density at radius 3 is 2.65 bits per heavy atom. The molecular formula is C14H26N2O. The first-order valence-electron chi connectivity index (χ1n) is 7.09. The second-order valence-corrected chi connectivity index (χ2v) is 6.42. The molecule has 1 amide bonds. The summed E-state index contributed by atoms with van der Waals surface area (Å²) >= 11 is 0. The number of hydrogen-bond acceptors (Lipinski definition) is 2. The molecule has 2 saturated carbocycles. The molecule has 2 rings (SSSR count). The predicted molar refractivity (Wildman–Crippen MR) is 69.4 cm³/mol. The summed E-state index contributed by atoms with van der Waals surface area (Å²) in [6.07, 6.45) is 6.01. The highest BCUT2D eigenvalue weighted by Gasteiger charge is 2.42. The predicted octanol–water partition coefficient (Wildman–Crippen LogP) is 1.91. The number of fused-ring (bicyclic) bond motifs is 2. The van der Waals surface area contributed by atoms with Crippen LogP contribution in [0.2, 0.25) is 0 Å². The fourth-order valence-electron chi connectivity index (χ4n) is 3.62. The number of hydrogen-bond donors (Lipinski definition) is 2. The third-order valence-corrected chi connectivity index (χ3v) is 4.39. The first-order valence-corrected chi connectivity index (χ1v) is 7.09. The van der Waals surface area contributed by atoms with E-state index in [0.29, 0.717) is 24.3 Å². The molecule has 17 heavy (non-hydrogen) atoms. The Kier molecular flexibility index (Phi) is 4.08. The SMILES string of the molecule is CC(C)CC(N)CNC(=O)C1CC2CCC1C2. The first-order chi connectivity index (χ1) is 8.06. The van der Waals surface area contributed by atoms with Crippen molar-refractivity contribution >= 4 is 5.91 Å². The van der Waals surface area contributed by atoms with Gasteiger partial charge in [0.2, 0.25) is 5.91 Å². The van der Waals surface area contributed by atoms with E-state index < -0.39 is 0 Å². The molecule has 0 aliphatic heterocycles. The molecule has 2 bridgehead atoms. The van der Waals surface area contributed by atoms with Gasteiger partial charge < -0.3 is 11.1 Å². The van der Waals surface area contributed by atoms with Crippen LogP contribution < -0.4 is 11.1 Å². The van der Waals surface area contributed by atoms with Gasteiger partial charge >= 0.3 is 0 Å². The molecule has 2 aliphatic rings. The zero-order valence-corrected chi connectivity index (χ0v) is 11.1. The lowest BCUT2D eigenvalue weighted by atomic mass is 9.88. The van der Waals surface area contributed by atoms with Gasteiger partial charge in [-0.15, -0.1) is 0 Å².